The summed E-state index contributed by atoms with van der Waals surface area (Å²) in [6.07, 6.45) is -0.492. The minimum atomic E-state index is -0.964. The van der Waals surface area contributed by atoms with Crippen molar-refractivity contribution in [2.45, 2.75) is 5.92 Å². The minimum Gasteiger partial charge on any atom is -0.481 e. The third kappa shape index (κ3) is 3.40. The lowest BCUT2D eigenvalue weighted by Crippen LogP contribution is -2.38. The van der Waals surface area contributed by atoms with E-state index in [2.05, 4.69) is 24.3 Å². The van der Waals surface area contributed by atoms with E-state index in [0.29, 0.717) is 13.2 Å². The highest BCUT2D eigenvalue weighted by Gasteiger charge is 2.31. The average Bonchev–Trinajstić information content (AvgIpc) is 2.83. The Balaban J connectivity index is 1.48. The fourth-order valence-electron chi connectivity index (χ4n) is 3.81. The Kier molecular flexibility index (Phi) is 4.81. The first-order valence-electron chi connectivity index (χ1n) is 9.05. The van der Waals surface area contributed by atoms with Gasteiger partial charge in [-0.2, -0.15) is 0 Å². The first-order valence-corrected chi connectivity index (χ1v) is 9.05. The van der Waals surface area contributed by atoms with Gasteiger partial charge < -0.3 is 19.5 Å². The maximum atomic E-state index is 12.6. The lowest BCUT2D eigenvalue weighted by atomic mass is 9.98. The number of carboxylic acid groups (broad SMARTS) is 1. The average molecular weight is 367 g/mol. The molecule has 2 aliphatic rings. The van der Waals surface area contributed by atoms with Crippen LogP contribution < -0.4 is 0 Å². The number of fused-ring (bicyclic) bond motifs is 3. The van der Waals surface area contributed by atoms with Gasteiger partial charge >= 0.3 is 12.1 Å². The fraction of sp³-hybridized carbons (Fsp3) is 0.333. The molecule has 4 rings (SSSR count). The number of aliphatic carboxylic acids is 1. The third-order valence-electron chi connectivity index (χ3n) is 5.21. The quantitative estimate of drug-likeness (QED) is 0.903. The van der Waals surface area contributed by atoms with Crippen LogP contribution in [-0.4, -0.2) is 55.0 Å². The largest absolute Gasteiger partial charge is 0.481 e. The van der Waals surface area contributed by atoms with Gasteiger partial charge in [0.05, 0.1) is 19.1 Å². The van der Waals surface area contributed by atoms with Crippen molar-refractivity contribution in [1.82, 2.24) is 4.90 Å². The summed E-state index contributed by atoms with van der Waals surface area (Å²) in [7, 11) is 0. The molecule has 1 fully saturated rings. The molecule has 0 spiro atoms. The van der Waals surface area contributed by atoms with Gasteiger partial charge in [-0.1, -0.05) is 48.5 Å². The lowest BCUT2D eigenvalue weighted by Gasteiger charge is -2.22. The molecule has 1 aliphatic carbocycles. The Labute approximate surface area is 157 Å². The van der Waals surface area contributed by atoms with Gasteiger partial charge in [0.2, 0.25) is 0 Å². The zero-order valence-corrected chi connectivity index (χ0v) is 14.8. The number of rotatable bonds is 3. The molecule has 1 aliphatic heterocycles. The predicted molar refractivity (Wildman–Crippen MR) is 98.6 cm³/mol. The molecule has 1 saturated heterocycles. The smallest absolute Gasteiger partial charge is 0.409 e. The molecule has 6 heteroatoms. The van der Waals surface area contributed by atoms with Crippen LogP contribution >= 0.6 is 0 Å². The summed E-state index contributed by atoms with van der Waals surface area (Å²) < 4.78 is 10.9. The highest BCUT2D eigenvalue weighted by atomic mass is 16.6. The number of carboxylic acids is 1. The van der Waals surface area contributed by atoms with Gasteiger partial charge in [-0.05, 0) is 22.3 Å². The number of hydrogen-bond acceptors (Lipinski definition) is 4. The molecule has 1 N–H and O–H groups in total. The third-order valence-corrected chi connectivity index (χ3v) is 5.21. The molecule has 0 bridgehead atoms. The zero-order chi connectivity index (χ0) is 18.8. The van der Waals surface area contributed by atoms with Crippen molar-refractivity contribution in [3.8, 4) is 11.1 Å². The van der Waals surface area contributed by atoms with Crippen molar-refractivity contribution in [2.75, 3.05) is 32.9 Å². The molecule has 1 atom stereocenters. The van der Waals surface area contributed by atoms with E-state index in [4.69, 9.17) is 9.47 Å². The molecule has 140 valence electrons. The van der Waals surface area contributed by atoms with Crippen LogP contribution in [0, 0.1) is 5.92 Å². The van der Waals surface area contributed by atoms with E-state index < -0.39 is 18.0 Å². The van der Waals surface area contributed by atoms with E-state index in [1.54, 1.807) is 0 Å². The molecule has 27 heavy (non-hydrogen) atoms. The van der Waals surface area contributed by atoms with Crippen LogP contribution in [0.15, 0.2) is 48.5 Å². The van der Waals surface area contributed by atoms with E-state index in [1.807, 2.05) is 24.3 Å². The summed E-state index contributed by atoms with van der Waals surface area (Å²) in [4.78, 5) is 25.2. The predicted octanol–water partition coefficient (Wildman–Crippen LogP) is 2.97. The molecule has 1 amide bonds. The molecule has 6 nitrogen and oxygen atoms in total. The van der Waals surface area contributed by atoms with Crippen LogP contribution in [-0.2, 0) is 14.3 Å². The molecular formula is C21H21NO5. The van der Waals surface area contributed by atoms with E-state index in [9.17, 15) is 14.7 Å². The first-order chi connectivity index (χ1) is 13.1. The van der Waals surface area contributed by atoms with Crippen LogP contribution in [0.1, 0.15) is 17.0 Å². The van der Waals surface area contributed by atoms with Gasteiger partial charge in [0.25, 0.3) is 0 Å². The molecule has 2 aromatic carbocycles. The van der Waals surface area contributed by atoms with Crippen molar-refractivity contribution in [2.24, 2.45) is 5.92 Å². The van der Waals surface area contributed by atoms with Crippen molar-refractivity contribution in [3.63, 3.8) is 0 Å². The fourth-order valence-corrected chi connectivity index (χ4v) is 3.81. The van der Waals surface area contributed by atoms with Gasteiger partial charge in [0, 0.05) is 19.0 Å². The molecule has 0 unspecified atom stereocenters. The summed E-state index contributed by atoms with van der Waals surface area (Å²) >= 11 is 0. The van der Waals surface area contributed by atoms with Crippen LogP contribution in [0.5, 0.6) is 0 Å². The van der Waals surface area contributed by atoms with Crippen molar-refractivity contribution < 1.29 is 24.2 Å². The van der Waals surface area contributed by atoms with Gasteiger partial charge in [-0.15, -0.1) is 0 Å². The second-order valence-electron chi connectivity index (χ2n) is 6.86. The van der Waals surface area contributed by atoms with E-state index in [1.165, 1.54) is 16.0 Å². The van der Waals surface area contributed by atoms with Crippen molar-refractivity contribution in [1.29, 1.82) is 0 Å². The zero-order valence-electron chi connectivity index (χ0n) is 14.8. The first kappa shape index (κ1) is 17.5. The van der Waals surface area contributed by atoms with Gasteiger partial charge in [-0.25, -0.2) is 4.79 Å². The lowest BCUT2D eigenvalue weighted by molar-refractivity contribution is -0.143. The summed E-state index contributed by atoms with van der Waals surface area (Å²) in [5.41, 5.74) is 4.63. The normalized spacial score (nSPS) is 19.1. The Morgan fingerprint density at radius 2 is 1.70 bits per heavy atom. The van der Waals surface area contributed by atoms with E-state index >= 15 is 0 Å². The number of carbonyl (C=O) groups excluding carboxylic acids is 1. The molecule has 0 radical (unpaired) electrons. The van der Waals surface area contributed by atoms with Crippen LogP contribution in [0.3, 0.4) is 0 Å². The number of benzene rings is 2. The molecular weight excluding hydrogens is 346 g/mol. The number of nitrogens with zero attached hydrogens (tertiary/aromatic N) is 1. The minimum absolute atomic E-state index is 0.0140. The summed E-state index contributed by atoms with van der Waals surface area (Å²) in [5.74, 6) is -1.71. The SMILES string of the molecule is O=C(O)[C@@H]1COCCN(C(=O)OCC2c3ccccc3-c3ccccc32)C1. The highest BCUT2D eigenvalue weighted by molar-refractivity contribution is 5.79. The topological polar surface area (TPSA) is 76.1 Å². The highest BCUT2D eigenvalue weighted by Crippen LogP contribution is 2.44. The number of carbonyl (C=O) groups is 2. The maximum absolute atomic E-state index is 12.6. The number of hydrogen-bond donors (Lipinski definition) is 1. The summed E-state index contributed by atoms with van der Waals surface area (Å²) in [6, 6.07) is 16.3. The standard InChI is InChI=1S/C21H21NO5/c23-20(24)14-11-22(9-10-26-12-14)21(25)27-13-19-17-7-3-1-5-15(17)16-6-2-4-8-18(16)19/h1-8,14,19H,9-13H2,(H,23,24)/t14-/m0/s1. The van der Waals surface area contributed by atoms with E-state index in [0.717, 1.165) is 11.1 Å². The molecule has 2 aromatic rings. The van der Waals surface area contributed by atoms with E-state index in [-0.39, 0.29) is 25.7 Å². The van der Waals surface area contributed by atoms with Crippen molar-refractivity contribution >= 4 is 12.1 Å². The Morgan fingerprint density at radius 1 is 1.07 bits per heavy atom. The second-order valence-corrected chi connectivity index (χ2v) is 6.86. The Morgan fingerprint density at radius 3 is 2.33 bits per heavy atom. The van der Waals surface area contributed by atoms with Gasteiger partial charge in [0.1, 0.15) is 6.61 Å². The number of amides is 1. The van der Waals surface area contributed by atoms with Gasteiger partial charge in [0.15, 0.2) is 0 Å². The van der Waals surface area contributed by atoms with Crippen molar-refractivity contribution in [3.05, 3.63) is 59.7 Å². The van der Waals surface area contributed by atoms with Gasteiger partial charge in [-0.3, -0.25) is 4.79 Å². The molecule has 0 aromatic heterocycles. The van der Waals surface area contributed by atoms with Crippen LogP contribution in [0.2, 0.25) is 0 Å². The molecule has 0 saturated carbocycles. The summed E-state index contributed by atoms with van der Waals surface area (Å²) in [5, 5.41) is 9.23. The monoisotopic (exact) mass is 367 g/mol. The maximum Gasteiger partial charge on any atom is 0.409 e. The second kappa shape index (κ2) is 7.40. The summed E-state index contributed by atoms with van der Waals surface area (Å²) in [6.45, 7) is 1.09. The number of ether oxygens (including phenoxy) is 2. The van der Waals surface area contributed by atoms with Crippen LogP contribution in [0.4, 0.5) is 4.79 Å². The van der Waals surface area contributed by atoms with Crippen LogP contribution in [0.25, 0.3) is 11.1 Å². The Bertz CT molecular complexity index is 820. The molecule has 1 heterocycles. The Hall–Kier alpha value is -2.86.